The van der Waals surface area contributed by atoms with Gasteiger partial charge in [-0.3, -0.25) is 4.90 Å². The number of aliphatic hydroxyl groups excluding tert-OH is 1. The van der Waals surface area contributed by atoms with Crippen molar-refractivity contribution < 1.29 is 14.6 Å². The van der Waals surface area contributed by atoms with E-state index in [4.69, 9.17) is 9.47 Å². The number of rotatable bonds is 8. The molecule has 0 saturated heterocycles. The second-order valence-electron chi connectivity index (χ2n) is 7.39. The Bertz CT molecular complexity index is 278. The van der Waals surface area contributed by atoms with Crippen LogP contribution in [0, 0.1) is 11.3 Å². The third-order valence-electron chi connectivity index (χ3n) is 4.85. The molecule has 0 spiro atoms. The number of hydrogen-bond donors (Lipinski definition) is 1. The van der Waals surface area contributed by atoms with Gasteiger partial charge in [0.2, 0.25) is 0 Å². The van der Waals surface area contributed by atoms with E-state index in [1.807, 2.05) is 0 Å². The zero-order valence-electron chi connectivity index (χ0n) is 14.6. The predicted octanol–water partition coefficient (Wildman–Crippen LogP) is 2.55. The maximum absolute atomic E-state index is 10.5. The molecular formula is C17H35NO3. The van der Waals surface area contributed by atoms with E-state index in [0.717, 1.165) is 52.0 Å². The van der Waals surface area contributed by atoms with E-state index < -0.39 is 0 Å². The van der Waals surface area contributed by atoms with Crippen LogP contribution in [0.3, 0.4) is 0 Å². The Kier molecular flexibility index (Phi) is 8.17. The van der Waals surface area contributed by atoms with Crippen molar-refractivity contribution >= 4 is 0 Å². The van der Waals surface area contributed by atoms with Crippen LogP contribution in [-0.2, 0) is 9.47 Å². The summed E-state index contributed by atoms with van der Waals surface area (Å²) in [4.78, 5) is 2.41. The summed E-state index contributed by atoms with van der Waals surface area (Å²) in [6.07, 6.45) is 3.94. The third kappa shape index (κ3) is 6.23. The van der Waals surface area contributed by atoms with E-state index in [9.17, 15) is 5.11 Å². The van der Waals surface area contributed by atoms with Crippen molar-refractivity contribution in [3.05, 3.63) is 0 Å². The molecule has 0 aromatic rings. The Morgan fingerprint density at radius 2 is 1.71 bits per heavy atom. The van der Waals surface area contributed by atoms with Gasteiger partial charge in [-0.25, -0.2) is 0 Å². The smallest absolute Gasteiger partial charge is 0.0695 e. The Morgan fingerprint density at radius 3 is 2.29 bits per heavy atom. The maximum Gasteiger partial charge on any atom is 0.0695 e. The van der Waals surface area contributed by atoms with Crippen molar-refractivity contribution in [1.29, 1.82) is 0 Å². The van der Waals surface area contributed by atoms with E-state index in [-0.39, 0.29) is 12.1 Å². The third-order valence-corrected chi connectivity index (χ3v) is 4.85. The number of aliphatic hydroxyl groups is 1. The summed E-state index contributed by atoms with van der Waals surface area (Å²) >= 11 is 0. The molecule has 1 N–H and O–H groups in total. The van der Waals surface area contributed by atoms with Crippen LogP contribution >= 0.6 is 0 Å². The lowest BCUT2D eigenvalue weighted by atomic mass is 9.70. The first-order chi connectivity index (χ1) is 9.90. The molecule has 1 fully saturated rings. The highest BCUT2D eigenvalue weighted by Gasteiger charge is 2.37. The fourth-order valence-corrected chi connectivity index (χ4v) is 3.37. The summed E-state index contributed by atoms with van der Waals surface area (Å²) in [6, 6.07) is 0.259. The lowest BCUT2D eigenvalue weighted by molar-refractivity contribution is -0.0259. The molecule has 0 aliphatic heterocycles. The van der Waals surface area contributed by atoms with E-state index in [1.54, 1.807) is 14.2 Å². The molecule has 1 rings (SSSR count). The van der Waals surface area contributed by atoms with Crippen molar-refractivity contribution in [3.63, 3.8) is 0 Å². The number of hydrogen-bond acceptors (Lipinski definition) is 4. The minimum absolute atomic E-state index is 0.206. The molecule has 1 aliphatic rings. The summed E-state index contributed by atoms with van der Waals surface area (Å²) in [5.74, 6) is 0.679. The van der Waals surface area contributed by atoms with E-state index in [1.165, 1.54) is 0 Å². The molecule has 0 aromatic heterocycles. The molecule has 126 valence electrons. The molecule has 1 saturated carbocycles. The quantitative estimate of drug-likeness (QED) is 0.700. The Balaban J connectivity index is 2.67. The van der Waals surface area contributed by atoms with Crippen molar-refractivity contribution in [2.24, 2.45) is 11.3 Å². The molecular weight excluding hydrogens is 266 g/mol. The van der Waals surface area contributed by atoms with Crippen LogP contribution in [0.2, 0.25) is 0 Å². The standard InChI is InChI=1S/C17H35NO3/c1-17(2,3)14-7-8-16(19)15(13-14)18(10-12-21-5)9-6-11-20-4/h14-16,19H,6-13H2,1-5H3. The highest BCUT2D eigenvalue weighted by molar-refractivity contribution is 4.90. The molecule has 0 bridgehead atoms. The molecule has 3 unspecified atom stereocenters. The van der Waals surface area contributed by atoms with Crippen molar-refractivity contribution in [1.82, 2.24) is 4.90 Å². The van der Waals surface area contributed by atoms with Crippen LogP contribution in [0.4, 0.5) is 0 Å². The van der Waals surface area contributed by atoms with Gasteiger partial charge in [0.1, 0.15) is 0 Å². The Morgan fingerprint density at radius 1 is 1.05 bits per heavy atom. The van der Waals surface area contributed by atoms with Gasteiger partial charge in [-0.15, -0.1) is 0 Å². The van der Waals surface area contributed by atoms with Gasteiger partial charge in [0.05, 0.1) is 12.7 Å². The molecule has 3 atom stereocenters. The Hall–Kier alpha value is -0.160. The van der Waals surface area contributed by atoms with Gasteiger partial charge in [0, 0.05) is 40.0 Å². The summed E-state index contributed by atoms with van der Waals surface area (Å²) in [5, 5.41) is 10.5. The zero-order chi connectivity index (χ0) is 15.9. The highest BCUT2D eigenvalue weighted by Crippen LogP contribution is 2.39. The molecule has 4 nitrogen and oxygen atoms in total. The summed E-state index contributed by atoms with van der Waals surface area (Å²) in [5.41, 5.74) is 0.317. The average Bonchev–Trinajstić information content (AvgIpc) is 2.42. The number of nitrogens with zero attached hydrogens (tertiary/aromatic N) is 1. The molecule has 21 heavy (non-hydrogen) atoms. The zero-order valence-corrected chi connectivity index (χ0v) is 14.6. The molecule has 0 amide bonds. The fourth-order valence-electron chi connectivity index (χ4n) is 3.37. The molecule has 4 heteroatoms. The lowest BCUT2D eigenvalue weighted by Gasteiger charge is -2.44. The molecule has 0 heterocycles. The average molecular weight is 301 g/mol. The summed E-state index contributed by atoms with van der Waals surface area (Å²) < 4.78 is 10.4. The van der Waals surface area contributed by atoms with Crippen LogP contribution in [0.5, 0.6) is 0 Å². The van der Waals surface area contributed by atoms with E-state index in [0.29, 0.717) is 11.3 Å². The first-order valence-corrected chi connectivity index (χ1v) is 8.30. The van der Waals surface area contributed by atoms with Crippen LogP contribution in [0.15, 0.2) is 0 Å². The monoisotopic (exact) mass is 301 g/mol. The summed E-state index contributed by atoms with van der Waals surface area (Å²) in [6.45, 7) is 10.3. The highest BCUT2D eigenvalue weighted by atomic mass is 16.5. The fraction of sp³-hybridized carbons (Fsp3) is 1.00. The largest absolute Gasteiger partial charge is 0.391 e. The van der Waals surface area contributed by atoms with Crippen LogP contribution < -0.4 is 0 Å². The van der Waals surface area contributed by atoms with Crippen LogP contribution in [0.1, 0.15) is 46.5 Å². The molecule has 0 radical (unpaired) electrons. The number of methoxy groups -OCH3 is 2. The lowest BCUT2D eigenvalue weighted by Crippen LogP contribution is -2.50. The van der Waals surface area contributed by atoms with Gasteiger partial charge in [-0.2, -0.15) is 0 Å². The predicted molar refractivity (Wildman–Crippen MR) is 86.5 cm³/mol. The minimum atomic E-state index is -0.206. The Labute approximate surface area is 130 Å². The van der Waals surface area contributed by atoms with Gasteiger partial charge in [0.15, 0.2) is 0 Å². The molecule has 0 aromatic carbocycles. The number of ether oxygens (including phenoxy) is 2. The van der Waals surface area contributed by atoms with Crippen molar-refractivity contribution in [2.45, 2.75) is 58.6 Å². The van der Waals surface area contributed by atoms with Gasteiger partial charge >= 0.3 is 0 Å². The topological polar surface area (TPSA) is 41.9 Å². The van der Waals surface area contributed by atoms with Crippen molar-refractivity contribution in [2.75, 3.05) is 40.5 Å². The van der Waals surface area contributed by atoms with Crippen LogP contribution in [0.25, 0.3) is 0 Å². The summed E-state index contributed by atoms with van der Waals surface area (Å²) in [7, 11) is 3.48. The first kappa shape index (κ1) is 18.9. The van der Waals surface area contributed by atoms with Gasteiger partial charge in [-0.05, 0) is 37.0 Å². The normalized spacial score (nSPS) is 27.3. The maximum atomic E-state index is 10.5. The van der Waals surface area contributed by atoms with Gasteiger partial charge < -0.3 is 14.6 Å². The second-order valence-corrected chi connectivity index (χ2v) is 7.39. The van der Waals surface area contributed by atoms with E-state index in [2.05, 4.69) is 25.7 Å². The first-order valence-electron chi connectivity index (χ1n) is 8.30. The minimum Gasteiger partial charge on any atom is -0.391 e. The van der Waals surface area contributed by atoms with E-state index >= 15 is 0 Å². The second kappa shape index (κ2) is 9.09. The van der Waals surface area contributed by atoms with Gasteiger partial charge in [0.25, 0.3) is 0 Å². The SMILES string of the molecule is COCCCN(CCOC)C1CC(C(C)(C)C)CCC1O. The molecule has 1 aliphatic carbocycles. The van der Waals surface area contributed by atoms with Crippen LogP contribution in [-0.4, -0.2) is 62.7 Å². The van der Waals surface area contributed by atoms with Gasteiger partial charge in [-0.1, -0.05) is 20.8 Å². The van der Waals surface area contributed by atoms with Crippen molar-refractivity contribution in [3.8, 4) is 0 Å².